The second-order valence-corrected chi connectivity index (χ2v) is 7.80. The Morgan fingerprint density at radius 3 is 2.67 bits per heavy atom. The van der Waals surface area contributed by atoms with Crippen molar-refractivity contribution in [2.75, 3.05) is 0 Å². The summed E-state index contributed by atoms with van der Waals surface area (Å²) in [7, 11) is 0.892. The summed E-state index contributed by atoms with van der Waals surface area (Å²) in [5.41, 5.74) is 4.20. The Kier molecular flexibility index (Phi) is 4.96. The molecular weight excluding hydrogens is 278 g/mol. The first kappa shape index (κ1) is 15.5. The maximum Gasteiger partial charge on any atom is 0.229 e. The summed E-state index contributed by atoms with van der Waals surface area (Å²) in [5.74, 6) is 0.966. The second kappa shape index (κ2) is 6.71. The van der Waals surface area contributed by atoms with Gasteiger partial charge in [0.2, 0.25) is 9.04 Å². The van der Waals surface area contributed by atoms with Gasteiger partial charge in [0.25, 0.3) is 0 Å². The SMILES string of the molecule is CC(=NCc1ccccc1O[SiH](C)C)c1ncn(C)c1C. The highest BCUT2D eigenvalue weighted by molar-refractivity contribution is 6.49. The van der Waals surface area contributed by atoms with E-state index in [1.54, 1.807) is 0 Å². The number of nitrogens with zero attached hydrogens (tertiary/aromatic N) is 3. The lowest BCUT2D eigenvalue weighted by molar-refractivity contribution is 0.571. The van der Waals surface area contributed by atoms with Crippen LogP contribution in [0.4, 0.5) is 0 Å². The third-order valence-corrected chi connectivity index (χ3v) is 4.12. The maximum absolute atomic E-state index is 5.96. The van der Waals surface area contributed by atoms with Crippen molar-refractivity contribution in [3.8, 4) is 5.75 Å². The molecule has 1 heterocycles. The van der Waals surface area contributed by atoms with Gasteiger partial charge in [-0.1, -0.05) is 18.2 Å². The summed E-state index contributed by atoms with van der Waals surface area (Å²) in [4.78, 5) is 9.09. The molecule has 0 N–H and O–H groups in total. The molecule has 0 bridgehead atoms. The van der Waals surface area contributed by atoms with E-state index in [1.807, 2.05) is 43.1 Å². The molecule has 0 amide bonds. The molecule has 0 radical (unpaired) electrons. The Labute approximate surface area is 128 Å². The standard InChI is InChI=1S/C16H23N3OSi/c1-12(16-13(2)19(3)11-18-16)17-10-14-8-6-7-9-15(14)20-21(4)5/h6-9,11,21H,10H2,1-5H3. The normalized spacial score (nSPS) is 12.0. The van der Waals surface area contributed by atoms with Crippen LogP contribution in [0, 0.1) is 6.92 Å². The third-order valence-electron chi connectivity index (χ3n) is 3.40. The molecule has 1 aromatic carbocycles. The van der Waals surface area contributed by atoms with Crippen LogP contribution in [0.2, 0.25) is 13.1 Å². The predicted molar refractivity (Wildman–Crippen MR) is 89.8 cm³/mol. The molecule has 0 aliphatic heterocycles. The van der Waals surface area contributed by atoms with Gasteiger partial charge >= 0.3 is 0 Å². The van der Waals surface area contributed by atoms with E-state index in [0.717, 1.165) is 28.4 Å². The van der Waals surface area contributed by atoms with Crippen LogP contribution in [0.1, 0.15) is 23.9 Å². The lowest BCUT2D eigenvalue weighted by atomic mass is 10.2. The molecule has 0 aliphatic carbocycles. The molecule has 5 heteroatoms. The molecule has 2 aromatic rings. The Bertz CT molecular complexity index is 647. The number of aliphatic imine (C=N–C) groups is 1. The zero-order valence-electron chi connectivity index (χ0n) is 13.4. The van der Waals surface area contributed by atoms with E-state index in [-0.39, 0.29) is 0 Å². The Morgan fingerprint density at radius 1 is 1.33 bits per heavy atom. The van der Waals surface area contributed by atoms with E-state index in [2.05, 4.69) is 36.1 Å². The molecule has 0 unspecified atom stereocenters. The monoisotopic (exact) mass is 301 g/mol. The molecule has 0 spiro atoms. The summed E-state index contributed by atoms with van der Waals surface area (Å²) >= 11 is 0. The Balaban J connectivity index is 2.19. The average molecular weight is 301 g/mol. The summed E-state index contributed by atoms with van der Waals surface area (Å²) in [6.45, 7) is 9.03. The van der Waals surface area contributed by atoms with Crippen molar-refractivity contribution in [3.05, 3.63) is 47.5 Å². The van der Waals surface area contributed by atoms with Crippen molar-refractivity contribution in [1.29, 1.82) is 0 Å². The van der Waals surface area contributed by atoms with Crippen molar-refractivity contribution in [3.63, 3.8) is 0 Å². The fraction of sp³-hybridized carbons (Fsp3) is 0.375. The fourth-order valence-corrected chi connectivity index (χ4v) is 2.87. The summed E-state index contributed by atoms with van der Waals surface area (Å²) in [6.07, 6.45) is 1.82. The average Bonchev–Trinajstić information content (AvgIpc) is 2.77. The number of aryl methyl sites for hydroxylation is 1. The first-order chi connectivity index (χ1) is 9.99. The maximum atomic E-state index is 5.96. The molecule has 0 atom stereocenters. The van der Waals surface area contributed by atoms with Crippen LogP contribution in [0.5, 0.6) is 5.75 Å². The van der Waals surface area contributed by atoms with Gasteiger partial charge < -0.3 is 8.99 Å². The van der Waals surface area contributed by atoms with Gasteiger partial charge in [-0.2, -0.15) is 0 Å². The van der Waals surface area contributed by atoms with Crippen LogP contribution in [-0.2, 0) is 13.6 Å². The molecule has 21 heavy (non-hydrogen) atoms. The van der Waals surface area contributed by atoms with Gasteiger partial charge in [-0.3, -0.25) is 4.99 Å². The van der Waals surface area contributed by atoms with Crippen LogP contribution in [0.25, 0.3) is 0 Å². The first-order valence-electron chi connectivity index (χ1n) is 7.23. The molecule has 112 valence electrons. The highest BCUT2D eigenvalue weighted by Gasteiger charge is 2.08. The molecule has 0 saturated heterocycles. The molecule has 0 saturated carbocycles. The molecule has 0 aliphatic rings. The zero-order chi connectivity index (χ0) is 15.4. The number of rotatable bonds is 5. The first-order valence-corrected chi connectivity index (χ1v) is 10.0. The number of hydrogen-bond donors (Lipinski definition) is 0. The van der Waals surface area contributed by atoms with Gasteiger partial charge in [0, 0.05) is 18.3 Å². The Hall–Kier alpha value is -1.88. The number of para-hydroxylation sites is 1. The molecule has 4 nitrogen and oxygen atoms in total. The lowest BCUT2D eigenvalue weighted by Crippen LogP contribution is -2.12. The largest absolute Gasteiger partial charge is 0.547 e. The van der Waals surface area contributed by atoms with E-state index in [1.165, 1.54) is 0 Å². The van der Waals surface area contributed by atoms with Crippen LogP contribution < -0.4 is 4.43 Å². The fourth-order valence-electron chi connectivity index (χ4n) is 2.13. The van der Waals surface area contributed by atoms with Gasteiger partial charge in [-0.25, -0.2) is 4.98 Å². The number of benzene rings is 1. The van der Waals surface area contributed by atoms with Crippen molar-refractivity contribution < 1.29 is 4.43 Å². The third kappa shape index (κ3) is 3.82. The second-order valence-electron chi connectivity index (χ2n) is 5.47. The van der Waals surface area contributed by atoms with Gasteiger partial charge in [0.1, 0.15) is 11.4 Å². The van der Waals surface area contributed by atoms with Crippen molar-refractivity contribution in [2.45, 2.75) is 33.5 Å². The van der Waals surface area contributed by atoms with E-state index >= 15 is 0 Å². The van der Waals surface area contributed by atoms with E-state index in [9.17, 15) is 0 Å². The molecule has 1 aromatic heterocycles. The van der Waals surface area contributed by atoms with Crippen molar-refractivity contribution in [1.82, 2.24) is 9.55 Å². The smallest absolute Gasteiger partial charge is 0.229 e. The molecular formula is C16H23N3OSi. The molecule has 0 fully saturated rings. The zero-order valence-corrected chi connectivity index (χ0v) is 14.6. The lowest BCUT2D eigenvalue weighted by Gasteiger charge is -2.13. The predicted octanol–water partition coefficient (Wildman–Crippen LogP) is 3.10. The van der Waals surface area contributed by atoms with Crippen LogP contribution in [-0.4, -0.2) is 24.3 Å². The summed E-state index contributed by atoms with van der Waals surface area (Å²) in [5, 5.41) is 0. The summed E-state index contributed by atoms with van der Waals surface area (Å²) in [6, 6.07) is 8.14. The Morgan fingerprint density at radius 2 is 2.05 bits per heavy atom. The number of imidazole rings is 1. The van der Waals surface area contributed by atoms with Crippen molar-refractivity contribution in [2.24, 2.45) is 12.0 Å². The quantitative estimate of drug-likeness (QED) is 0.629. The van der Waals surface area contributed by atoms with Crippen LogP contribution in [0.15, 0.2) is 35.6 Å². The molecule has 2 rings (SSSR count). The van der Waals surface area contributed by atoms with Crippen LogP contribution in [0.3, 0.4) is 0 Å². The van der Waals surface area contributed by atoms with Gasteiger partial charge in [0.15, 0.2) is 0 Å². The van der Waals surface area contributed by atoms with Crippen LogP contribution >= 0.6 is 0 Å². The topological polar surface area (TPSA) is 39.4 Å². The summed E-state index contributed by atoms with van der Waals surface area (Å²) < 4.78 is 7.97. The minimum Gasteiger partial charge on any atom is -0.547 e. The van der Waals surface area contributed by atoms with Gasteiger partial charge in [-0.15, -0.1) is 0 Å². The minimum atomic E-state index is -1.10. The highest BCUT2D eigenvalue weighted by atomic mass is 28.3. The number of hydrogen-bond acceptors (Lipinski definition) is 3. The highest BCUT2D eigenvalue weighted by Crippen LogP contribution is 2.20. The van der Waals surface area contributed by atoms with Gasteiger partial charge in [-0.05, 0) is 33.0 Å². The van der Waals surface area contributed by atoms with Gasteiger partial charge in [0.05, 0.1) is 18.6 Å². The van der Waals surface area contributed by atoms with Crippen molar-refractivity contribution >= 4 is 14.8 Å². The van der Waals surface area contributed by atoms with E-state index in [0.29, 0.717) is 6.54 Å². The number of aromatic nitrogens is 2. The van der Waals surface area contributed by atoms with E-state index < -0.39 is 9.04 Å². The van der Waals surface area contributed by atoms with E-state index in [4.69, 9.17) is 4.43 Å². The minimum absolute atomic E-state index is 0.624.